The molecule has 0 spiro atoms. The van der Waals surface area contributed by atoms with E-state index < -0.39 is 5.91 Å². The van der Waals surface area contributed by atoms with E-state index in [1.165, 1.54) is 0 Å². The van der Waals surface area contributed by atoms with E-state index in [2.05, 4.69) is 6.58 Å². The van der Waals surface area contributed by atoms with E-state index in [0.717, 1.165) is 13.2 Å². The van der Waals surface area contributed by atoms with Crippen LogP contribution in [-0.2, 0) is 19.0 Å². The zero-order valence-corrected chi connectivity index (χ0v) is 13.5. The number of hydrogen-bond acceptors (Lipinski definition) is 6. The number of aliphatic hydroxyl groups is 2. The summed E-state index contributed by atoms with van der Waals surface area (Å²) < 4.78 is 14.6. The number of amides is 1. The summed E-state index contributed by atoms with van der Waals surface area (Å²) in [5, 5.41) is 16.5. The smallest absolute Gasteiger partial charge is 0.243 e. The molecule has 0 radical (unpaired) electrons. The van der Waals surface area contributed by atoms with Crippen molar-refractivity contribution in [3.05, 3.63) is 12.2 Å². The van der Waals surface area contributed by atoms with Gasteiger partial charge in [-0.15, -0.1) is 0 Å². The quantitative estimate of drug-likeness (QED) is 0.390. The Balaban J connectivity index is -0.000000252. The third-order valence-electron chi connectivity index (χ3n) is 1.67. The van der Waals surface area contributed by atoms with Crippen molar-refractivity contribution in [1.29, 1.82) is 0 Å². The number of hydrogen-bond donors (Lipinski definition) is 3. The number of ether oxygens (including phenoxy) is 3. The highest BCUT2D eigenvalue weighted by Crippen LogP contribution is 1.78. The Morgan fingerprint density at radius 3 is 1.43 bits per heavy atom. The number of carbonyl (C=O) groups is 1. The van der Waals surface area contributed by atoms with Crippen LogP contribution in [0.5, 0.6) is 0 Å². The lowest BCUT2D eigenvalue weighted by molar-refractivity contribution is -0.114. The minimum atomic E-state index is -0.435. The fraction of sp³-hybridized carbons (Fsp3) is 0.786. The monoisotopic (exact) mass is 309 g/mol. The van der Waals surface area contributed by atoms with Crippen LogP contribution in [0.1, 0.15) is 20.8 Å². The Morgan fingerprint density at radius 2 is 1.29 bits per heavy atom. The highest BCUT2D eigenvalue weighted by molar-refractivity contribution is 5.90. The summed E-state index contributed by atoms with van der Waals surface area (Å²) >= 11 is 0. The van der Waals surface area contributed by atoms with Gasteiger partial charge in [-0.3, -0.25) is 4.79 Å². The fourth-order valence-corrected chi connectivity index (χ4v) is 0.655. The summed E-state index contributed by atoms with van der Waals surface area (Å²) in [6.07, 6.45) is 0. The molecule has 0 aliphatic rings. The molecule has 0 aliphatic heterocycles. The molecule has 0 aromatic rings. The van der Waals surface area contributed by atoms with Gasteiger partial charge in [0.1, 0.15) is 0 Å². The first-order valence-corrected chi connectivity index (χ1v) is 6.88. The first-order valence-electron chi connectivity index (χ1n) is 6.88. The van der Waals surface area contributed by atoms with Gasteiger partial charge in [0, 0.05) is 18.8 Å². The second kappa shape index (κ2) is 24.1. The SMILES string of the molecule is C=C(C)C(N)=O.CCOCC.OCCOCCOCCO. The molecule has 0 atom stereocenters. The van der Waals surface area contributed by atoms with Gasteiger partial charge in [0.2, 0.25) is 5.91 Å². The molecule has 4 N–H and O–H groups in total. The molecule has 0 unspecified atom stereocenters. The fourth-order valence-electron chi connectivity index (χ4n) is 0.655. The molecule has 7 nitrogen and oxygen atoms in total. The lowest BCUT2D eigenvalue weighted by atomic mass is 10.3. The van der Waals surface area contributed by atoms with Gasteiger partial charge in [-0.1, -0.05) is 6.58 Å². The Hall–Kier alpha value is -0.990. The minimum Gasteiger partial charge on any atom is -0.394 e. The number of nitrogens with two attached hydrogens (primary N) is 1. The molecule has 128 valence electrons. The van der Waals surface area contributed by atoms with Gasteiger partial charge in [0.15, 0.2) is 0 Å². The van der Waals surface area contributed by atoms with Gasteiger partial charge < -0.3 is 30.2 Å². The van der Waals surface area contributed by atoms with Crippen LogP contribution in [0.3, 0.4) is 0 Å². The zero-order chi connectivity index (χ0) is 16.9. The van der Waals surface area contributed by atoms with Crippen LogP contribution in [-0.4, -0.2) is 69.0 Å². The van der Waals surface area contributed by atoms with Crippen molar-refractivity contribution in [3.8, 4) is 0 Å². The van der Waals surface area contributed by atoms with Gasteiger partial charge in [0.05, 0.1) is 39.6 Å². The number of primary amides is 1. The summed E-state index contributed by atoms with van der Waals surface area (Å²) in [5.74, 6) is -0.435. The molecule has 0 saturated heterocycles. The molecular weight excluding hydrogens is 278 g/mol. The van der Waals surface area contributed by atoms with Gasteiger partial charge in [-0.25, -0.2) is 0 Å². The van der Waals surface area contributed by atoms with Gasteiger partial charge in [0.25, 0.3) is 0 Å². The van der Waals surface area contributed by atoms with Crippen LogP contribution < -0.4 is 5.73 Å². The second-order valence-electron chi connectivity index (χ2n) is 3.60. The number of carbonyl (C=O) groups excluding carboxylic acids is 1. The van der Waals surface area contributed by atoms with Crippen molar-refractivity contribution in [2.75, 3.05) is 52.9 Å². The van der Waals surface area contributed by atoms with E-state index in [-0.39, 0.29) is 13.2 Å². The third kappa shape index (κ3) is 38.1. The predicted octanol–water partition coefficient (Wildman–Crippen LogP) is 0.0948. The molecule has 1 amide bonds. The van der Waals surface area contributed by atoms with Crippen LogP contribution in [0, 0.1) is 0 Å². The van der Waals surface area contributed by atoms with Crippen LogP contribution in [0.2, 0.25) is 0 Å². The average molecular weight is 309 g/mol. The van der Waals surface area contributed by atoms with Crippen molar-refractivity contribution < 1.29 is 29.2 Å². The maximum Gasteiger partial charge on any atom is 0.243 e. The summed E-state index contributed by atoms with van der Waals surface area (Å²) in [4.78, 5) is 9.82. The molecule has 0 aliphatic carbocycles. The molecule has 0 bridgehead atoms. The first-order chi connectivity index (χ1) is 9.97. The maximum atomic E-state index is 9.82. The molecule has 0 heterocycles. The lowest BCUT2D eigenvalue weighted by Gasteiger charge is -2.01. The predicted molar refractivity (Wildman–Crippen MR) is 82.0 cm³/mol. The Bertz CT molecular complexity index is 202. The summed E-state index contributed by atoms with van der Waals surface area (Å²) in [5.41, 5.74) is 5.09. The third-order valence-corrected chi connectivity index (χ3v) is 1.67. The van der Waals surface area contributed by atoms with E-state index in [0.29, 0.717) is 32.0 Å². The number of rotatable bonds is 10. The van der Waals surface area contributed by atoms with Gasteiger partial charge in [-0.2, -0.15) is 0 Å². The van der Waals surface area contributed by atoms with Crippen LogP contribution in [0.4, 0.5) is 0 Å². The van der Waals surface area contributed by atoms with Crippen molar-refractivity contribution in [2.24, 2.45) is 5.73 Å². The van der Waals surface area contributed by atoms with Crippen molar-refractivity contribution in [2.45, 2.75) is 20.8 Å². The molecule has 21 heavy (non-hydrogen) atoms. The highest BCUT2D eigenvalue weighted by atomic mass is 16.5. The van der Waals surface area contributed by atoms with E-state index in [9.17, 15) is 4.79 Å². The highest BCUT2D eigenvalue weighted by Gasteiger charge is 1.87. The average Bonchev–Trinajstić information content (AvgIpc) is 2.45. The van der Waals surface area contributed by atoms with Crippen molar-refractivity contribution >= 4 is 5.91 Å². The summed E-state index contributed by atoms with van der Waals surface area (Å²) in [6.45, 7) is 12.2. The number of aliphatic hydroxyl groups excluding tert-OH is 2. The first kappa shape index (κ1) is 25.0. The molecule has 0 fully saturated rings. The normalized spacial score (nSPS) is 9.00. The molecule has 0 saturated carbocycles. The largest absolute Gasteiger partial charge is 0.394 e. The van der Waals surface area contributed by atoms with Crippen LogP contribution in [0.25, 0.3) is 0 Å². The lowest BCUT2D eigenvalue weighted by Crippen LogP contribution is -2.10. The van der Waals surface area contributed by atoms with Crippen molar-refractivity contribution in [3.63, 3.8) is 0 Å². The standard InChI is InChI=1S/C6H14O4.C4H7NO.C4H10O/c7-1-3-9-5-6-10-4-2-8;1-3(2)4(5)6;1-3-5-4-2/h7-8H,1-6H2;1H2,2H3,(H2,5,6);3-4H2,1-2H3. The van der Waals surface area contributed by atoms with Crippen molar-refractivity contribution in [1.82, 2.24) is 0 Å². The Labute approximate surface area is 127 Å². The second-order valence-corrected chi connectivity index (χ2v) is 3.60. The molecule has 0 aromatic heterocycles. The summed E-state index contributed by atoms with van der Waals surface area (Å²) in [7, 11) is 0. The van der Waals surface area contributed by atoms with Gasteiger partial charge >= 0.3 is 0 Å². The van der Waals surface area contributed by atoms with E-state index >= 15 is 0 Å². The van der Waals surface area contributed by atoms with Gasteiger partial charge in [-0.05, 0) is 20.8 Å². The minimum absolute atomic E-state index is 0.0417. The molecule has 0 aromatic carbocycles. The molecule has 0 rings (SSSR count). The van der Waals surface area contributed by atoms with E-state index in [4.69, 9.17) is 30.2 Å². The van der Waals surface area contributed by atoms with E-state index in [1.54, 1.807) is 6.92 Å². The van der Waals surface area contributed by atoms with E-state index in [1.807, 2.05) is 13.8 Å². The van der Waals surface area contributed by atoms with Crippen LogP contribution in [0.15, 0.2) is 12.2 Å². The summed E-state index contributed by atoms with van der Waals surface area (Å²) in [6, 6.07) is 0. The van der Waals surface area contributed by atoms with Crippen LogP contribution >= 0.6 is 0 Å². The topological polar surface area (TPSA) is 111 Å². The zero-order valence-electron chi connectivity index (χ0n) is 13.5. The Kier molecular flexibility index (Phi) is 28.6. The molecular formula is C14H31NO6. The molecule has 7 heteroatoms. The maximum absolute atomic E-state index is 9.82. The Morgan fingerprint density at radius 1 is 0.952 bits per heavy atom.